The summed E-state index contributed by atoms with van der Waals surface area (Å²) in [4.78, 5) is 2.45. The summed E-state index contributed by atoms with van der Waals surface area (Å²) in [5, 5.41) is 19.8. The number of phenolic OH excluding ortho intramolecular Hbond substituents is 1. The van der Waals surface area contributed by atoms with E-state index in [1.807, 2.05) is 43.3 Å². The van der Waals surface area contributed by atoms with Crippen LogP contribution >= 0.6 is 0 Å². The van der Waals surface area contributed by atoms with Gasteiger partial charge in [0.05, 0.1) is 6.07 Å². The Bertz CT molecular complexity index is 784. The molecule has 2 aromatic rings. The molecule has 0 unspecified atom stereocenters. The molecule has 2 aromatic carbocycles. The summed E-state index contributed by atoms with van der Waals surface area (Å²) in [6, 6.07) is 16.6. The van der Waals surface area contributed by atoms with E-state index in [0.717, 1.165) is 55.6 Å². The van der Waals surface area contributed by atoms with Crippen LogP contribution in [0.1, 0.15) is 43.7 Å². The van der Waals surface area contributed by atoms with Crippen LogP contribution in [0.3, 0.4) is 0 Å². The Morgan fingerprint density at radius 2 is 1.81 bits per heavy atom. The molecular formula is C23H28N2O. The third-order valence-electron chi connectivity index (χ3n) is 6.14. The molecule has 1 N–H and O–H groups in total. The number of hydrogen-bond donors (Lipinski definition) is 1. The normalized spacial score (nSPS) is 17.0. The van der Waals surface area contributed by atoms with Gasteiger partial charge < -0.3 is 5.11 Å². The molecule has 0 amide bonds. The van der Waals surface area contributed by atoms with Crippen LogP contribution in [0.25, 0.3) is 11.1 Å². The van der Waals surface area contributed by atoms with E-state index in [2.05, 4.69) is 24.0 Å². The zero-order valence-corrected chi connectivity index (χ0v) is 15.8. The van der Waals surface area contributed by atoms with Crippen molar-refractivity contribution in [3.63, 3.8) is 0 Å². The van der Waals surface area contributed by atoms with Crippen LogP contribution in [-0.2, 0) is 6.54 Å². The van der Waals surface area contributed by atoms with Gasteiger partial charge in [0.25, 0.3) is 0 Å². The molecule has 26 heavy (non-hydrogen) atoms. The summed E-state index contributed by atoms with van der Waals surface area (Å²) in [6.07, 6.45) is 3.93. The maximum atomic E-state index is 10.7. The van der Waals surface area contributed by atoms with E-state index in [0.29, 0.717) is 12.2 Å². The van der Waals surface area contributed by atoms with Crippen molar-refractivity contribution in [3.8, 4) is 22.9 Å². The van der Waals surface area contributed by atoms with E-state index in [4.69, 9.17) is 5.26 Å². The second-order valence-electron chi connectivity index (χ2n) is 7.58. The summed E-state index contributed by atoms with van der Waals surface area (Å²) in [5.41, 5.74) is 4.30. The predicted octanol–water partition coefficient (Wildman–Crippen LogP) is 5.27. The molecule has 1 aliphatic heterocycles. The number of nitrogens with zero attached hydrogens (tertiary/aromatic N) is 2. The lowest BCUT2D eigenvalue weighted by Gasteiger charge is -2.40. The summed E-state index contributed by atoms with van der Waals surface area (Å²) in [5.74, 6) is 0.387. The van der Waals surface area contributed by atoms with Crippen molar-refractivity contribution in [2.75, 3.05) is 13.1 Å². The minimum absolute atomic E-state index is 0.208. The van der Waals surface area contributed by atoms with Crippen LogP contribution < -0.4 is 0 Å². The Hall–Kier alpha value is -2.31. The molecule has 0 bridgehead atoms. The highest BCUT2D eigenvalue weighted by Crippen LogP contribution is 2.39. The van der Waals surface area contributed by atoms with Crippen molar-refractivity contribution in [3.05, 3.63) is 53.6 Å². The third-order valence-corrected chi connectivity index (χ3v) is 6.14. The van der Waals surface area contributed by atoms with Crippen molar-refractivity contribution < 1.29 is 5.11 Å². The topological polar surface area (TPSA) is 47.3 Å². The van der Waals surface area contributed by atoms with E-state index in [1.54, 1.807) is 0 Å². The second kappa shape index (κ2) is 7.93. The monoisotopic (exact) mass is 348 g/mol. The van der Waals surface area contributed by atoms with E-state index in [-0.39, 0.29) is 5.41 Å². The molecule has 3 nitrogen and oxygen atoms in total. The smallest absolute Gasteiger partial charge is 0.126 e. The highest BCUT2D eigenvalue weighted by molar-refractivity contribution is 5.72. The quantitative estimate of drug-likeness (QED) is 0.800. The van der Waals surface area contributed by atoms with Crippen molar-refractivity contribution in [2.45, 2.75) is 46.1 Å². The molecule has 1 fully saturated rings. The van der Waals surface area contributed by atoms with Crippen molar-refractivity contribution >= 4 is 0 Å². The molecule has 1 aliphatic rings. The first-order valence-corrected chi connectivity index (χ1v) is 9.55. The van der Waals surface area contributed by atoms with Gasteiger partial charge in [-0.15, -0.1) is 0 Å². The molecule has 0 aromatic heterocycles. The number of aromatic hydroxyl groups is 1. The summed E-state index contributed by atoms with van der Waals surface area (Å²) < 4.78 is 0. The van der Waals surface area contributed by atoms with Gasteiger partial charge >= 0.3 is 0 Å². The highest BCUT2D eigenvalue weighted by Gasteiger charge is 2.32. The predicted molar refractivity (Wildman–Crippen MR) is 106 cm³/mol. The summed E-state index contributed by atoms with van der Waals surface area (Å²) >= 11 is 0. The fourth-order valence-corrected chi connectivity index (χ4v) is 4.01. The minimum Gasteiger partial charge on any atom is -0.507 e. The van der Waals surface area contributed by atoms with Gasteiger partial charge in [-0.3, -0.25) is 4.90 Å². The van der Waals surface area contributed by atoms with Crippen LogP contribution in [-0.4, -0.2) is 23.1 Å². The Morgan fingerprint density at radius 1 is 1.12 bits per heavy atom. The maximum absolute atomic E-state index is 10.7. The van der Waals surface area contributed by atoms with Gasteiger partial charge in [0.1, 0.15) is 5.75 Å². The van der Waals surface area contributed by atoms with Crippen LogP contribution in [0, 0.1) is 23.7 Å². The first-order valence-electron chi connectivity index (χ1n) is 9.55. The molecule has 0 atom stereocenters. The highest BCUT2D eigenvalue weighted by atomic mass is 16.3. The average molecular weight is 348 g/mol. The molecule has 136 valence electrons. The van der Waals surface area contributed by atoms with E-state index >= 15 is 0 Å². The fourth-order valence-electron chi connectivity index (χ4n) is 4.01. The molecule has 0 aliphatic carbocycles. The number of rotatable bonds is 5. The zero-order chi connectivity index (χ0) is 18.6. The van der Waals surface area contributed by atoms with Gasteiger partial charge in [0.2, 0.25) is 0 Å². The number of piperidine rings is 1. The maximum Gasteiger partial charge on any atom is 0.126 e. The van der Waals surface area contributed by atoms with Gasteiger partial charge in [-0.1, -0.05) is 49.4 Å². The Kier molecular flexibility index (Phi) is 5.64. The molecule has 0 spiro atoms. The van der Waals surface area contributed by atoms with Gasteiger partial charge in [0, 0.05) is 18.5 Å². The number of nitriles is 1. The molecule has 0 radical (unpaired) electrons. The number of likely N-dealkylation sites (tertiary alicyclic amines) is 1. The molecule has 1 saturated heterocycles. The fraction of sp³-hybridized carbons (Fsp3) is 0.435. The van der Waals surface area contributed by atoms with Crippen molar-refractivity contribution in [1.29, 1.82) is 5.26 Å². The lowest BCUT2D eigenvalue weighted by Crippen LogP contribution is -2.39. The largest absolute Gasteiger partial charge is 0.507 e. The number of benzene rings is 2. The second-order valence-corrected chi connectivity index (χ2v) is 7.58. The Labute approximate surface area is 156 Å². The summed E-state index contributed by atoms with van der Waals surface area (Å²) in [6.45, 7) is 7.12. The molecule has 0 saturated carbocycles. The number of hydrogen-bond acceptors (Lipinski definition) is 3. The number of phenols is 1. The van der Waals surface area contributed by atoms with Gasteiger partial charge in [-0.2, -0.15) is 5.26 Å². The van der Waals surface area contributed by atoms with Crippen molar-refractivity contribution in [1.82, 2.24) is 4.90 Å². The molecule has 3 heteroatoms. The van der Waals surface area contributed by atoms with E-state index < -0.39 is 0 Å². The van der Waals surface area contributed by atoms with Crippen molar-refractivity contribution in [2.24, 2.45) is 5.41 Å². The van der Waals surface area contributed by atoms with Crippen LogP contribution in [0.4, 0.5) is 0 Å². The SMILES string of the molecule is CCC1(CC#N)CCN(Cc2ccc(-c3ccccc3)c(O)c2C)CC1. The van der Waals surface area contributed by atoms with Crippen LogP contribution in [0.5, 0.6) is 5.75 Å². The summed E-state index contributed by atoms with van der Waals surface area (Å²) in [7, 11) is 0. The first kappa shape index (κ1) is 18.5. The minimum atomic E-state index is 0.208. The molecule has 3 rings (SSSR count). The van der Waals surface area contributed by atoms with E-state index in [9.17, 15) is 5.11 Å². The zero-order valence-electron chi connectivity index (χ0n) is 15.8. The lowest BCUT2D eigenvalue weighted by atomic mass is 9.74. The van der Waals surface area contributed by atoms with Gasteiger partial charge in [0.15, 0.2) is 0 Å². The Balaban J connectivity index is 1.72. The first-order chi connectivity index (χ1) is 12.6. The molecule has 1 heterocycles. The van der Waals surface area contributed by atoms with Gasteiger partial charge in [-0.25, -0.2) is 0 Å². The molecular weight excluding hydrogens is 320 g/mol. The average Bonchev–Trinajstić information content (AvgIpc) is 2.68. The standard InChI is InChI=1S/C23H28N2O/c1-3-23(11-14-24)12-15-25(16-13-23)17-20-9-10-21(22(26)18(20)2)19-7-5-4-6-8-19/h4-10,26H,3,11-13,15-17H2,1-2H3. The lowest BCUT2D eigenvalue weighted by molar-refractivity contribution is 0.0978. The van der Waals surface area contributed by atoms with Crippen LogP contribution in [0.2, 0.25) is 0 Å². The Morgan fingerprint density at radius 3 is 2.42 bits per heavy atom. The third kappa shape index (κ3) is 3.76. The van der Waals surface area contributed by atoms with E-state index in [1.165, 1.54) is 5.56 Å². The van der Waals surface area contributed by atoms with Crippen LogP contribution in [0.15, 0.2) is 42.5 Å². The van der Waals surface area contributed by atoms with Gasteiger partial charge in [-0.05, 0) is 61.4 Å².